The van der Waals surface area contributed by atoms with Crippen LogP contribution in [0.25, 0.3) is 5.69 Å². The van der Waals surface area contributed by atoms with Gasteiger partial charge in [0, 0.05) is 23.7 Å². The Morgan fingerprint density at radius 2 is 1.96 bits per heavy atom. The van der Waals surface area contributed by atoms with Crippen LogP contribution in [0.4, 0.5) is 0 Å². The lowest BCUT2D eigenvalue weighted by molar-refractivity contribution is -0.121. The normalized spacial score (nSPS) is 20.7. The molecule has 1 aliphatic carbocycles. The predicted molar refractivity (Wildman–Crippen MR) is 88.7 cm³/mol. The van der Waals surface area contributed by atoms with E-state index in [2.05, 4.69) is 44.3 Å². The molecule has 1 aliphatic heterocycles. The van der Waals surface area contributed by atoms with E-state index >= 15 is 0 Å². The highest BCUT2D eigenvalue weighted by atomic mass is 16.2. The van der Waals surface area contributed by atoms with Crippen molar-refractivity contribution in [3.8, 4) is 5.69 Å². The van der Waals surface area contributed by atoms with E-state index in [4.69, 9.17) is 0 Å². The second kappa shape index (κ2) is 5.65. The molecule has 118 valence electrons. The van der Waals surface area contributed by atoms with Crippen LogP contribution in [0.15, 0.2) is 35.7 Å². The molecule has 0 fully saturated rings. The number of carbonyl (C=O) groups is 1. The minimum atomic E-state index is -0.0112. The third kappa shape index (κ3) is 2.56. The van der Waals surface area contributed by atoms with E-state index in [1.807, 2.05) is 13.3 Å². The standard InChI is InChI=1S/C18H20N4O/c1-12-10-17(23)20-21-18(12)13-6-8-14(9-7-13)22-11-19-15-4-2-3-5-16(15)22/h6-9,11-12H,2-5,10H2,1H3,(H,20,23). The van der Waals surface area contributed by atoms with Gasteiger partial charge in [0.1, 0.15) is 0 Å². The first-order chi connectivity index (χ1) is 11.2. The summed E-state index contributed by atoms with van der Waals surface area (Å²) in [7, 11) is 0. The fourth-order valence-electron chi connectivity index (χ4n) is 3.49. The number of aryl methyl sites for hydroxylation is 1. The van der Waals surface area contributed by atoms with Crippen LogP contribution in [0.3, 0.4) is 0 Å². The van der Waals surface area contributed by atoms with Crippen LogP contribution in [0.1, 0.15) is 43.1 Å². The van der Waals surface area contributed by atoms with E-state index in [9.17, 15) is 4.79 Å². The number of hydrazone groups is 1. The fraction of sp³-hybridized carbons (Fsp3) is 0.389. The third-order valence-corrected chi connectivity index (χ3v) is 4.73. The maximum absolute atomic E-state index is 11.4. The number of nitrogens with one attached hydrogen (secondary N) is 1. The molecule has 5 nitrogen and oxygen atoms in total. The van der Waals surface area contributed by atoms with Gasteiger partial charge in [-0.25, -0.2) is 10.4 Å². The zero-order valence-corrected chi connectivity index (χ0v) is 13.2. The quantitative estimate of drug-likeness (QED) is 0.927. The van der Waals surface area contributed by atoms with Crippen LogP contribution in [0.2, 0.25) is 0 Å². The number of imidazole rings is 1. The summed E-state index contributed by atoms with van der Waals surface area (Å²) in [5.74, 6) is 0.138. The molecule has 1 aromatic heterocycles. The van der Waals surface area contributed by atoms with Crippen molar-refractivity contribution in [3.05, 3.63) is 47.5 Å². The fourth-order valence-corrected chi connectivity index (χ4v) is 3.49. The largest absolute Gasteiger partial charge is 0.303 e. The lowest BCUT2D eigenvalue weighted by atomic mass is 9.94. The lowest BCUT2D eigenvalue weighted by Gasteiger charge is -2.19. The first-order valence-corrected chi connectivity index (χ1v) is 8.24. The molecule has 23 heavy (non-hydrogen) atoms. The molecule has 1 unspecified atom stereocenters. The Bertz CT molecular complexity index is 773. The summed E-state index contributed by atoms with van der Waals surface area (Å²) < 4.78 is 2.20. The van der Waals surface area contributed by atoms with Crippen molar-refractivity contribution < 1.29 is 4.79 Å². The molecule has 2 aliphatic rings. The van der Waals surface area contributed by atoms with Gasteiger partial charge >= 0.3 is 0 Å². The number of aromatic nitrogens is 2. The Morgan fingerprint density at radius 3 is 2.74 bits per heavy atom. The number of carbonyl (C=O) groups excluding carboxylic acids is 1. The van der Waals surface area contributed by atoms with Crippen molar-refractivity contribution in [3.63, 3.8) is 0 Å². The smallest absolute Gasteiger partial charge is 0.240 e. The Labute approximate surface area is 135 Å². The maximum atomic E-state index is 11.4. The Kier molecular flexibility index (Phi) is 3.48. The average molecular weight is 308 g/mol. The van der Waals surface area contributed by atoms with Crippen LogP contribution in [-0.4, -0.2) is 21.2 Å². The van der Waals surface area contributed by atoms with Crippen LogP contribution >= 0.6 is 0 Å². The van der Waals surface area contributed by atoms with Gasteiger partial charge < -0.3 is 4.57 Å². The second-order valence-corrected chi connectivity index (χ2v) is 6.40. The van der Waals surface area contributed by atoms with Crippen molar-refractivity contribution in [1.82, 2.24) is 15.0 Å². The highest BCUT2D eigenvalue weighted by Gasteiger charge is 2.22. The number of amides is 1. The molecule has 0 spiro atoms. The summed E-state index contributed by atoms with van der Waals surface area (Å²) in [6.45, 7) is 2.04. The summed E-state index contributed by atoms with van der Waals surface area (Å²) in [6.07, 6.45) is 7.11. The van der Waals surface area contributed by atoms with Gasteiger partial charge in [-0.1, -0.05) is 19.1 Å². The molecule has 0 saturated carbocycles. The lowest BCUT2D eigenvalue weighted by Crippen LogP contribution is -2.31. The number of benzene rings is 1. The number of hydrogen-bond donors (Lipinski definition) is 1. The second-order valence-electron chi connectivity index (χ2n) is 6.40. The summed E-state index contributed by atoms with van der Waals surface area (Å²) in [5, 5.41) is 4.22. The minimum Gasteiger partial charge on any atom is -0.303 e. The first-order valence-electron chi connectivity index (χ1n) is 8.24. The predicted octanol–water partition coefficient (Wildman–Crippen LogP) is 2.61. The number of fused-ring (bicyclic) bond motifs is 1. The molecular formula is C18H20N4O. The summed E-state index contributed by atoms with van der Waals surface area (Å²) >= 11 is 0. The third-order valence-electron chi connectivity index (χ3n) is 4.73. The van der Waals surface area contributed by atoms with Gasteiger partial charge in [0.05, 0.1) is 17.7 Å². The highest BCUT2D eigenvalue weighted by molar-refractivity contribution is 6.05. The molecule has 1 atom stereocenters. The van der Waals surface area contributed by atoms with Gasteiger partial charge in [-0.2, -0.15) is 5.10 Å². The molecule has 4 rings (SSSR count). The Hall–Kier alpha value is -2.43. The molecule has 2 aromatic rings. The van der Waals surface area contributed by atoms with Gasteiger partial charge in [0.15, 0.2) is 0 Å². The van der Waals surface area contributed by atoms with Gasteiger partial charge in [-0.3, -0.25) is 4.79 Å². The van der Waals surface area contributed by atoms with Crippen molar-refractivity contribution in [2.75, 3.05) is 0 Å². The van der Waals surface area contributed by atoms with Crippen LogP contribution < -0.4 is 5.43 Å². The summed E-state index contributed by atoms with van der Waals surface area (Å²) in [5.41, 5.74) is 8.32. The van der Waals surface area contributed by atoms with E-state index in [0.717, 1.165) is 29.8 Å². The SMILES string of the molecule is CC1CC(=O)NN=C1c1ccc(-n2cnc3c2CCCC3)cc1. The molecular weight excluding hydrogens is 288 g/mol. The topological polar surface area (TPSA) is 59.3 Å². The molecule has 0 bridgehead atoms. The molecule has 2 heterocycles. The van der Waals surface area contributed by atoms with Crippen molar-refractivity contribution in [2.24, 2.45) is 11.0 Å². The van der Waals surface area contributed by atoms with Gasteiger partial charge in [-0.05, 0) is 43.4 Å². The van der Waals surface area contributed by atoms with Crippen LogP contribution in [0, 0.1) is 5.92 Å². The van der Waals surface area contributed by atoms with Crippen molar-refractivity contribution in [2.45, 2.75) is 39.0 Å². The Morgan fingerprint density at radius 1 is 1.17 bits per heavy atom. The van der Waals surface area contributed by atoms with Gasteiger partial charge in [-0.15, -0.1) is 0 Å². The van der Waals surface area contributed by atoms with Gasteiger partial charge in [0.25, 0.3) is 0 Å². The van der Waals surface area contributed by atoms with Crippen LogP contribution in [-0.2, 0) is 17.6 Å². The zero-order valence-electron chi connectivity index (χ0n) is 13.2. The zero-order chi connectivity index (χ0) is 15.8. The molecule has 1 aromatic carbocycles. The molecule has 0 saturated heterocycles. The highest BCUT2D eigenvalue weighted by Crippen LogP contribution is 2.24. The van der Waals surface area contributed by atoms with Crippen molar-refractivity contribution in [1.29, 1.82) is 0 Å². The number of nitrogens with zero attached hydrogens (tertiary/aromatic N) is 3. The van der Waals surface area contributed by atoms with Gasteiger partial charge in [0.2, 0.25) is 5.91 Å². The number of rotatable bonds is 2. The Balaban J connectivity index is 1.64. The first kappa shape index (κ1) is 14.2. The van der Waals surface area contributed by atoms with E-state index in [1.54, 1.807) is 0 Å². The summed E-state index contributed by atoms with van der Waals surface area (Å²) in [4.78, 5) is 15.9. The summed E-state index contributed by atoms with van der Waals surface area (Å²) in [6, 6.07) is 8.38. The van der Waals surface area contributed by atoms with E-state index in [0.29, 0.717) is 6.42 Å². The van der Waals surface area contributed by atoms with Crippen LogP contribution in [0.5, 0.6) is 0 Å². The van der Waals surface area contributed by atoms with E-state index < -0.39 is 0 Å². The van der Waals surface area contributed by atoms with Crippen molar-refractivity contribution >= 4 is 11.6 Å². The molecule has 0 radical (unpaired) electrons. The average Bonchev–Trinajstić information content (AvgIpc) is 2.99. The molecule has 5 heteroatoms. The van der Waals surface area contributed by atoms with E-state index in [-0.39, 0.29) is 11.8 Å². The molecule has 1 N–H and O–H groups in total. The minimum absolute atomic E-state index is 0.0112. The number of hydrogen-bond acceptors (Lipinski definition) is 3. The maximum Gasteiger partial charge on any atom is 0.240 e. The molecule has 1 amide bonds. The monoisotopic (exact) mass is 308 g/mol. The van der Waals surface area contributed by atoms with E-state index in [1.165, 1.54) is 24.2 Å².